The quantitative estimate of drug-likeness (QED) is 0.660. The Labute approximate surface area is 83.3 Å². The minimum absolute atomic E-state index is 0.114. The van der Waals surface area contributed by atoms with E-state index in [1.54, 1.807) is 0 Å². The molecule has 1 amide bonds. The molecule has 0 radical (unpaired) electrons. The van der Waals surface area contributed by atoms with Gasteiger partial charge < -0.3 is 11.1 Å². The number of nitrogen functional groups attached to an aromatic ring is 1. The monoisotopic (exact) mass is 190 g/mol. The highest BCUT2D eigenvalue weighted by molar-refractivity contribution is 5.79. The molecule has 0 unspecified atom stereocenters. The van der Waals surface area contributed by atoms with Gasteiger partial charge in [-0.1, -0.05) is 12.1 Å². The van der Waals surface area contributed by atoms with Gasteiger partial charge in [0.2, 0.25) is 5.91 Å². The molecule has 1 aliphatic heterocycles. The first-order valence-corrected chi connectivity index (χ1v) is 4.82. The lowest BCUT2D eigenvalue weighted by molar-refractivity contribution is -0.119. The molecule has 0 aliphatic carbocycles. The van der Waals surface area contributed by atoms with Crippen LogP contribution in [0.15, 0.2) is 18.2 Å². The van der Waals surface area contributed by atoms with Gasteiger partial charge in [0.05, 0.1) is 6.04 Å². The summed E-state index contributed by atoms with van der Waals surface area (Å²) in [4.78, 5) is 11.1. The van der Waals surface area contributed by atoms with Gasteiger partial charge in [-0.15, -0.1) is 0 Å². The van der Waals surface area contributed by atoms with Crippen LogP contribution in [0.25, 0.3) is 0 Å². The fourth-order valence-electron chi connectivity index (χ4n) is 1.86. The van der Waals surface area contributed by atoms with E-state index in [1.165, 1.54) is 0 Å². The number of rotatable bonds is 1. The summed E-state index contributed by atoms with van der Waals surface area (Å²) in [6, 6.07) is 6.08. The fraction of sp³-hybridized carbons (Fsp3) is 0.364. The van der Waals surface area contributed by atoms with E-state index in [2.05, 4.69) is 5.32 Å². The van der Waals surface area contributed by atoms with Crippen molar-refractivity contribution in [1.29, 1.82) is 0 Å². The number of aryl methyl sites for hydroxylation is 1. The van der Waals surface area contributed by atoms with Gasteiger partial charge in [-0.3, -0.25) is 4.79 Å². The van der Waals surface area contributed by atoms with E-state index in [0.717, 1.165) is 23.2 Å². The molecule has 0 spiro atoms. The molecular weight excluding hydrogens is 176 g/mol. The summed E-state index contributed by atoms with van der Waals surface area (Å²) in [5.41, 5.74) is 8.86. The third-order valence-electron chi connectivity index (χ3n) is 2.61. The fourth-order valence-corrected chi connectivity index (χ4v) is 1.86. The Bertz CT molecular complexity index is 374. The van der Waals surface area contributed by atoms with Crippen molar-refractivity contribution in [2.24, 2.45) is 0 Å². The number of carbonyl (C=O) groups is 1. The molecule has 0 saturated carbocycles. The largest absolute Gasteiger partial charge is 0.398 e. The molecule has 1 atom stereocenters. The summed E-state index contributed by atoms with van der Waals surface area (Å²) in [7, 11) is 0. The Morgan fingerprint density at radius 3 is 2.86 bits per heavy atom. The molecule has 14 heavy (non-hydrogen) atoms. The Morgan fingerprint density at radius 2 is 2.29 bits per heavy atom. The lowest BCUT2D eigenvalue weighted by Gasteiger charge is -2.13. The van der Waals surface area contributed by atoms with Crippen LogP contribution >= 0.6 is 0 Å². The average molecular weight is 190 g/mol. The summed E-state index contributed by atoms with van der Waals surface area (Å²) in [6.45, 7) is 2.01. The molecular formula is C11H14N2O. The highest BCUT2D eigenvalue weighted by Gasteiger charge is 2.23. The normalized spacial score (nSPS) is 20.9. The third-order valence-corrected chi connectivity index (χ3v) is 2.61. The molecule has 3 nitrogen and oxygen atoms in total. The minimum Gasteiger partial charge on any atom is -0.398 e. The van der Waals surface area contributed by atoms with E-state index < -0.39 is 0 Å². The lowest BCUT2D eigenvalue weighted by Crippen LogP contribution is -2.19. The van der Waals surface area contributed by atoms with Crippen molar-refractivity contribution in [3.8, 4) is 0 Å². The number of benzene rings is 1. The predicted molar refractivity (Wildman–Crippen MR) is 55.7 cm³/mol. The van der Waals surface area contributed by atoms with Gasteiger partial charge in [0, 0.05) is 12.1 Å². The highest BCUT2D eigenvalue weighted by atomic mass is 16.1. The maximum Gasteiger partial charge on any atom is 0.220 e. The summed E-state index contributed by atoms with van der Waals surface area (Å²) in [5.74, 6) is 0.120. The number of anilines is 1. The molecule has 1 aromatic carbocycles. The Hall–Kier alpha value is -1.51. The van der Waals surface area contributed by atoms with Crippen LogP contribution in [0, 0.1) is 6.92 Å². The first-order valence-electron chi connectivity index (χ1n) is 4.82. The van der Waals surface area contributed by atoms with Gasteiger partial charge in [-0.25, -0.2) is 0 Å². The zero-order chi connectivity index (χ0) is 10.1. The van der Waals surface area contributed by atoms with Crippen molar-refractivity contribution < 1.29 is 4.79 Å². The zero-order valence-electron chi connectivity index (χ0n) is 8.21. The van der Waals surface area contributed by atoms with Crippen LogP contribution in [0.4, 0.5) is 5.69 Å². The average Bonchev–Trinajstić information content (AvgIpc) is 2.51. The second-order valence-corrected chi connectivity index (χ2v) is 3.79. The van der Waals surface area contributed by atoms with E-state index in [4.69, 9.17) is 5.73 Å². The van der Waals surface area contributed by atoms with Crippen molar-refractivity contribution in [2.75, 3.05) is 5.73 Å². The smallest absolute Gasteiger partial charge is 0.220 e. The van der Waals surface area contributed by atoms with Crippen molar-refractivity contribution in [3.63, 3.8) is 0 Å². The Kier molecular flexibility index (Phi) is 2.15. The van der Waals surface area contributed by atoms with Gasteiger partial charge in [0.15, 0.2) is 0 Å². The predicted octanol–water partition coefficient (Wildman–Crippen LogP) is 1.53. The summed E-state index contributed by atoms with van der Waals surface area (Å²) < 4.78 is 0. The molecule has 0 aromatic heterocycles. The van der Waals surface area contributed by atoms with E-state index in [0.29, 0.717) is 6.42 Å². The number of amides is 1. The van der Waals surface area contributed by atoms with E-state index in [9.17, 15) is 4.79 Å². The number of carbonyl (C=O) groups excluding carboxylic acids is 1. The van der Waals surface area contributed by atoms with Crippen molar-refractivity contribution >= 4 is 11.6 Å². The molecule has 1 aliphatic rings. The molecule has 1 saturated heterocycles. The second kappa shape index (κ2) is 3.33. The maximum atomic E-state index is 11.1. The SMILES string of the molecule is Cc1ccc([C@@H]2CCC(=O)N2)c(N)c1. The van der Waals surface area contributed by atoms with E-state index in [-0.39, 0.29) is 11.9 Å². The number of nitrogens with two attached hydrogens (primary N) is 1. The molecule has 3 heteroatoms. The van der Waals surface area contributed by atoms with Crippen LogP contribution in [0.2, 0.25) is 0 Å². The van der Waals surface area contributed by atoms with Gasteiger partial charge in [0.25, 0.3) is 0 Å². The minimum atomic E-state index is 0.114. The Balaban J connectivity index is 2.28. The lowest BCUT2D eigenvalue weighted by atomic mass is 10.0. The molecule has 1 fully saturated rings. The molecule has 1 aromatic rings. The van der Waals surface area contributed by atoms with Gasteiger partial charge in [-0.05, 0) is 30.5 Å². The first-order chi connectivity index (χ1) is 6.66. The topological polar surface area (TPSA) is 55.1 Å². The van der Waals surface area contributed by atoms with Gasteiger partial charge in [-0.2, -0.15) is 0 Å². The molecule has 3 N–H and O–H groups in total. The van der Waals surface area contributed by atoms with Gasteiger partial charge >= 0.3 is 0 Å². The Morgan fingerprint density at radius 1 is 1.50 bits per heavy atom. The van der Waals surface area contributed by atoms with E-state index >= 15 is 0 Å². The van der Waals surface area contributed by atoms with Crippen molar-refractivity contribution in [2.45, 2.75) is 25.8 Å². The molecule has 2 rings (SSSR count). The van der Waals surface area contributed by atoms with Crippen LogP contribution in [0.1, 0.15) is 30.0 Å². The molecule has 1 heterocycles. The highest BCUT2D eigenvalue weighted by Crippen LogP contribution is 2.28. The number of nitrogens with one attached hydrogen (secondary N) is 1. The molecule has 74 valence electrons. The third kappa shape index (κ3) is 1.58. The summed E-state index contributed by atoms with van der Waals surface area (Å²) >= 11 is 0. The standard InChI is InChI=1S/C11H14N2O/c1-7-2-3-8(9(12)6-7)10-4-5-11(14)13-10/h2-3,6,10H,4-5,12H2,1H3,(H,13,14)/t10-/m0/s1. The van der Waals surface area contributed by atoms with Crippen LogP contribution in [-0.2, 0) is 4.79 Å². The zero-order valence-corrected chi connectivity index (χ0v) is 8.21. The van der Waals surface area contributed by atoms with Crippen LogP contribution < -0.4 is 11.1 Å². The second-order valence-electron chi connectivity index (χ2n) is 3.79. The van der Waals surface area contributed by atoms with Crippen molar-refractivity contribution in [1.82, 2.24) is 5.32 Å². The van der Waals surface area contributed by atoms with E-state index in [1.807, 2.05) is 25.1 Å². The maximum absolute atomic E-state index is 11.1. The van der Waals surface area contributed by atoms with Crippen LogP contribution in [0.3, 0.4) is 0 Å². The number of hydrogen-bond donors (Lipinski definition) is 2. The molecule has 0 bridgehead atoms. The van der Waals surface area contributed by atoms with Crippen LogP contribution in [-0.4, -0.2) is 5.91 Å². The van der Waals surface area contributed by atoms with Crippen molar-refractivity contribution in [3.05, 3.63) is 29.3 Å². The first kappa shape index (κ1) is 9.06. The summed E-state index contributed by atoms with van der Waals surface area (Å²) in [6.07, 6.45) is 1.46. The summed E-state index contributed by atoms with van der Waals surface area (Å²) in [5, 5.41) is 2.91. The van der Waals surface area contributed by atoms with Crippen LogP contribution in [0.5, 0.6) is 0 Å². The number of hydrogen-bond acceptors (Lipinski definition) is 2. The van der Waals surface area contributed by atoms with Gasteiger partial charge in [0.1, 0.15) is 0 Å².